The van der Waals surface area contributed by atoms with Crippen molar-refractivity contribution in [2.75, 3.05) is 38.7 Å². The first-order valence-corrected chi connectivity index (χ1v) is 17.4. The number of nitrogens with zero attached hydrogens (tertiary/aromatic N) is 5. The Balaban J connectivity index is 1.08. The number of para-hydroxylation sites is 1. The summed E-state index contributed by atoms with van der Waals surface area (Å²) < 4.78 is 35.5. The lowest BCUT2D eigenvalue weighted by Gasteiger charge is -2.26. The molecule has 0 radical (unpaired) electrons. The van der Waals surface area contributed by atoms with Crippen molar-refractivity contribution in [3.05, 3.63) is 111 Å². The number of likely N-dealkylation sites (tertiary alicyclic amines) is 1. The van der Waals surface area contributed by atoms with Gasteiger partial charge in [-0.1, -0.05) is 34.5 Å². The third-order valence-electron chi connectivity index (χ3n) is 8.70. The van der Waals surface area contributed by atoms with Crippen LogP contribution < -0.4 is 25.0 Å². The van der Waals surface area contributed by atoms with Crippen LogP contribution >= 0.6 is 15.9 Å². The van der Waals surface area contributed by atoms with E-state index < -0.39 is 17.2 Å². The van der Waals surface area contributed by atoms with E-state index in [0.717, 1.165) is 36.6 Å². The van der Waals surface area contributed by atoms with Crippen LogP contribution in [0.3, 0.4) is 0 Å². The minimum absolute atomic E-state index is 0.107. The number of piperidine rings is 1. The molecular weight excluding hydrogens is 719 g/mol. The maximum absolute atomic E-state index is 15.5. The minimum Gasteiger partial charge on any atom is -0.493 e. The number of carbonyl (C=O) groups excluding carboxylic acids is 1. The molecule has 1 fully saturated rings. The van der Waals surface area contributed by atoms with Crippen molar-refractivity contribution in [1.82, 2.24) is 24.9 Å². The Kier molecular flexibility index (Phi) is 10.2. The highest BCUT2D eigenvalue weighted by atomic mass is 79.9. The lowest BCUT2D eigenvalue weighted by atomic mass is 10.1. The molecule has 0 spiro atoms. The summed E-state index contributed by atoms with van der Waals surface area (Å²) in [7, 11) is 1.55. The Morgan fingerprint density at radius 3 is 2.51 bits per heavy atom. The number of methoxy groups -OCH3 is 1. The van der Waals surface area contributed by atoms with Crippen LogP contribution in [0.1, 0.15) is 36.2 Å². The molecule has 0 atom stereocenters. The van der Waals surface area contributed by atoms with E-state index in [9.17, 15) is 9.59 Å². The van der Waals surface area contributed by atoms with Crippen LogP contribution in [-0.2, 0) is 0 Å². The molecule has 4 aromatic carbocycles. The highest BCUT2D eigenvalue weighted by molar-refractivity contribution is 9.10. The van der Waals surface area contributed by atoms with Gasteiger partial charge in [-0.25, -0.2) is 9.07 Å². The van der Waals surface area contributed by atoms with Crippen LogP contribution in [0.5, 0.6) is 23.0 Å². The number of halogens is 2. The summed E-state index contributed by atoms with van der Waals surface area (Å²) in [6, 6.07) is 21.6. The molecule has 6 aromatic rings. The average Bonchev–Trinajstić information content (AvgIpc) is 3.15. The molecule has 2 aromatic heterocycles. The number of anilines is 1. The third kappa shape index (κ3) is 7.54. The fourth-order valence-electron chi connectivity index (χ4n) is 6.12. The van der Waals surface area contributed by atoms with Gasteiger partial charge in [0.15, 0.2) is 34.5 Å². The predicted octanol–water partition coefficient (Wildman–Crippen LogP) is 7.54. The van der Waals surface area contributed by atoms with Crippen LogP contribution in [-0.4, -0.2) is 64.1 Å². The molecule has 1 saturated heterocycles. The van der Waals surface area contributed by atoms with Gasteiger partial charge in [-0.3, -0.25) is 9.59 Å². The van der Waals surface area contributed by atoms with Gasteiger partial charge in [0.05, 0.1) is 41.9 Å². The summed E-state index contributed by atoms with van der Waals surface area (Å²) in [5.41, 5.74) is 0.896. The number of rotatable bonds is 11. The summed E-state index contributed by atoms with van der Waals surface area (Å²) in [5, 5.41) is 16.1. The predicted molar refractivity (Wildman–Crippen MR) is 196 cm³/mol. The Hall–Kier alpha value is -5.40. The lowest BCUT2D eigenvalue weighted by Crippen LogP contribution is -2.31. The molecule has 0 unspecified atom stereocenters. The van der Waals surface area contributed by atoms with E-state index >= 15 is 4.39 Å². The first-order valence-electron chi connectivity index (χ1n) is 16.6. The summed E-state index contributed by atoms with van der Waals surface area (Å²) in [4.78, 5) is 29.2. The topological polar surface area (TPSA) is 121 Å². The highest BCUT2D eigenvalue weighted by Gasteiger charge is 2.20. The molecule has 11 nitrogen and oxygen atoms in total. The first kappa shape index (κ1) is 34.1. The van der Waals surface area contributed by atoms with Crippen LogP contribution in [0.2, 0.25) is 0 Å². The number of hydrogen-bond donors (Lipinski definition) is 1. The van der Waals surface area contributed by atoms with E-state index in [2.05, 4.69) is 41.4 Å². The third-order valence-corrected chi connectivity index (χ3v) is 9.23. The number of nitrogens with one attached hydrogen (secondary N) is 1. The van der Waals surface area contributed by atoms with Gasteiger partial charge in [0.1, 0.15) is 5.52 Å². The SMILES string of the molecule is COc1cc2c(Oc3ccc(NC(=O)c4nn(-c5ccc(Br)cc5)c5ccccc5c4=O)cc3F)cnnc2cc1OCCCN1CCCCC1. The number of carbonyl (C=O) groups is 1. The van der Waals surface area contributed by atoms with E-state index in [-0.39, 0.29) is 22.9 Å². The number of amides is 1. The number of benzene rings is 4. The molecule has 1 aliphatic heterocycles. The molecule has 1 amide bonds. The van der Waals surface area contributed by atoms with Gasteiger partial charge in [-0.05, 0) is 86.9 Å². The van der Waals surface area contributed by atoms with Gasteiger partial charge < -0.3 is 24.4 Å². The van der Waals surface area contributed by atoms with E-state index in [4.69, 9.17) is 14.2 Å². The van der Waals surface area contributed by atoms with E-state index in [1.165, 1.54) is 42.3 Å². The van der Waals surface area contributed by atoms with Gasteiger partial charge >= 0.3 is 0 Å². The zero-order chi connectivity index (χ0) is 35.3. The molecule has 0 bridgehead atoms. The van der Waals surface area contributed by atoms with Gasteiger partial charge in [0, 0.05) is 28.8 Å². The number of aromatic nitrogens is 4. The number of fused-ring (bicyclic) bond motifs is 2. The van der Waals surface area contributed by atoms with E-state index in [1.54, 1.807) is 43.5 Å². The van der Waals surface area contributed by atoms with Crippen molar-refractivity contribution in [2.45, 2.75) is 25.7 Å². The maximum atomic E-state index is 15.5. The average molecular weight is 754 g/mol. The maximum Gasteiger partial charge on any atom is 0.280 e. The fourth-order valence-corrected chi connectivity index (χ4v) is 6.39. The molecule has 1 N–H and O–H groups in total. The van der Waals surface area contributed by atoms with Crippen molar-refractivity contribution in [3.63, 3.8) is 0 Å². The zero-order valence-electron chi connectivity index (χ0n) is 27.8. The standard InChI is InChI=1S/C38H34BrFN6O5/c1-49-33-21-28-30(22-34(33)50-19-7-18-45-16-5-2-6-17-45)43-41-23-35(28)51-32-15-12-25(20-29(32)40)42-38(48)36-37(47)27-8-3-4-9-31(27)46(44-36)26-13-10-24(39)11-14-26/h3-4,8-15,20-23H,2,5-7,16-19H2,1H3,(H,42,48). The summed E-state index contributed by atoms with van der Waals surface area (Å²) >= 11 is 3.42. The van der Waals surface area contributed by atoms with Gasteiger partial charge in [-0.2, -0.15) is 15.3 Å². The highest BCUT2D eigenvalue weighted by Crippen LogP contribution is 2.37. The van der Waals surface area contributed by atoms with Crippen molar-refractivity contribution in [1.29, 1.82) is 0 Å². The summed E-state index contributed by atoms with van der Waals surface area (Å²) in [5.74, 6) is -0.382. The molecule has 260 valence electrons. The molecule has 0 saturated carbocycles. The van der Waals surface area contributed by atoms with E-state index in [1.807, 2.05) is 24.3 Å². The van der Waals surface area contributed by atoms with Crippen LogP contribution in [0, 0.1) is 5.82 Å². The Morgan fingerprint density at radius 1 is 0.922 bits per heavy atom. The van der Waals surface area contributed by atoms with E-state index in [0.29, 0.717) is 45.6 Å². The number of ether oxygens (including phenoxy) is 3. The fraction of sp³-hybridized carbons (Fsp3) is 0.237. The van der Waals surface area contributed by atoms with Crippen LogP contribution in [0.15, 0.2) is 94.3 Å². The first-order chi connectivity index (χ1) is 24.9. The molecule has 7 rings (SSSR count). The molecule has 0 aliphatic carbocycles. The van der Waals surface area contributed by atoms with Crippen molar-refractivity contribution in [3.8, 4) is 28.7 Å². The molecule has 51 heavy (non-hydrogen) atoms. The second-order valence-corrected chi connectivity index (χ2v) is 13.0. The zero-order valence-corrected chi connectivity index (χ0v) is 29.4. The smallest absolute Gasteiger partial charge is 0.280 e. The monoisotopic (exact) mass is 752 g/mol. The second kappa shape index (κ2) is 15.2. The Labute approximate surface area is 301 Å². The summed E-state index contributed by atoms with van der Waals surface area (Å²) in [6.45, 7) is 3.77. The van der Waals surface area contributed by atoms with Crippen molar-refractivity contribution in [2.24, 2.45) is 0 Å². The van der Waals surface area contributed by atoms with Crippen molar-refractivity contribution < 1.29 is 23.4 Å². The van der Waals surface area contributed by atoms with Gasteiger partial charge in [0.2, 0.25) is 5.43 Å². The normalized spacial score (nSPS) is 13.3. The lowest BCUT2D eigenvalue weighted by molar-refractivity contribution is 0.102. The van der Waals surface area contributed by atoms with Crippen LogP contribution in [0.25, 0.3) is 27.5 Å². The molecule has 1 aliphatic rings. The van der Waals surface area contributed by atoms with Crippen molar-refractivity contribution >= 4 is 49.3 Å². The summed E-state index contributed by atoms with van der Waals surface area (Å²) in [6.07, 6.45) is 6.06. The molecule has 3 heterocycles. The quantitative estimate of drug-likeness (QED) is 0.134. The Bertz CT molecular complexity index is 2280. The number of hydrogen-bond acceptors (Lipinski definition) is 9. The molecule has 13 heteroatoms. The van der Waals surface area contributed by atoms with Gasteiger partial charge in [0.25, 0.3) is 5.91 Å². The molecular formula is C38H34BrFN6O5. The van der Waals surface area contributed by atoms with Crippen LogP contribution in [0.4, 0.5) is 10.1 Å². The Morgan fingerprint density at radius 2 is 1.73 bits per heavy atom. The van der Waals surface area contributed by atoms with Gasteiger partial charge in [-0.15, -0.1) is 0 Å². The largest absolute Gasteiger partial charge is 0.493 e. The minimum atomic E-state index is -0.786. The second-order valence-electron chi connectivity index (χ2n) is 12.1.